The molecule has 0 bridgehead atoms. The Morgan fingerprint density at radius 1 is 0.978 bits per heavy atom. The number of carbonyl (C=O) groups is 1. The molecule has 242 valence electrons. The van der Waals surface area contributed by atoms with Crippen molar-refractivity contribution in [2.24, 2.45) is 5.41 Å². The molecule has 1 spiro atoms. The number of β-amino-alcohol motifs (C(OH)–C–C–N with tert-alkyl or cyclic N) is 1. The molecule has 3 aliphatic heterocycles. The number of amides is 1. The Bertz CT molecular complexity index is 1520. The Morgan fingerprint density at radius 2 is 1.71 bits per heavy atom. The standard InChI is InChI=1S/C36H48N4O4S/c1-25-27(9-6-11-29(25)33-37-30-13-16-38(18-19-41)21-32(30)45-33)28-10-7-12-31(26(28)2)43-20-8-15-39-22-36(23-39)14-17-40(24-36)34(42)44-35(3,4)5/h6-7,9-12,41H,8,13-24H2,1-5H3. The number of aliphatic hydroxyl groups excluding tert-OH is 1. The van der Waals surface area contributed by atoms with Crippen LogP contribution in [0.1, 0.15) is 55.3 Å². The van der Waals surface area contributed by atoms with Crippen LogP contribution in [0.5, 0.6) is 5.75 Å². The molecule has 2 aromatic carbocycles. The highest BCUT2D eigenvalue weighted by atomic mass is 32.1. The third kappa shape index (κ3) is 7.07. The van der Waals surface area contributed by atoms with Crippen LogP contribution in [0.2, 0.25) is 0 Å². The molecule has 1 amide bonds. The lowest BCUT2D eigenvalue weighted by Crippen LogP contribution is -2.58. The summed E-state index contributed by atoms with van der Waals surface area (Å²) in [5, 5.41) is 10.4. The maximum absolute atomic E-state index is 12.5. The number of thiazole rings is 1. The van der Waals surface area contributed by atoms with Crippen molar-refractivity contribution in [2.75, 3.05) is 59.0 Å². The van der Waals surface area contributed by atoms with Gasteiger partial charge in [0.25, 0.3) is 0 Å². The van der Waals surface area contributed by atoms with Crippen molar-refractivity contribution in [1.82, 2.24) is 19.7 Å². The van der Waals surface area contributed by atoms with Gasteiger partial charge >= 0.3 is 6.09 Å². The highest BCUT2D eigenvalue weighted by Gasteiger charge is 2.48. The molecule has 2 fully saturated rings. The predicted molar refractivity (Wildman–Crippen MR) is 180 cm³/mol. The van der Waals surface area contributed by atoms with E-state index in [1.165, 1.54) is 32.8 Å². The molecular formula is C36H48N4O4S. The van der Waals surface area contributed by atoms with Gasteiger partial charge in [-0.1, -0.05) is 30.3 Å². The molecular weight excluding hydrogens is 584 g/mol. The van der Waals surface area contributed by atoms with Gasteiger partial charge in [-0.2, -0.15) is 0 Å². The van der Waals surface area contributed by atoms with Crippen LogP contribution in [0.15, 0.2) is 36.4 Å². The zero-order valence-corrected chi connectivity index (χ0v) is 28.3. The second-order valence-corrected chi connectivity index (χ2v) is 15.2. The topological polar surface area (TPSA) is 78.4 Å². The molecule has 0 radical (unpaired) electrons. The number of aromatic nitrogens is 1. The maximum Gasteiger partial charge on any atom is 0.410 e. The monoisotopic (exact) mass is 632 g/mol. The van der Waals surface area contributed by atoms with Crippen molar-refractivity contribution < 1.29 is 19.4 Å². The zero-order chi connectivity index (χ0) is 31.8. The van der Waals surface area contributed by atoms with Crippen LogP contribution >= 0.6 is 11.3 Å². The quantitative estimate of drug-likeness (QED) is 0.283. The average molecular weight is 633 g/mol. The number of nitrogens with zero attached hydrogens (tertiary/aromatic N) is 4. The summed E-state index contributed by atoms with van der Waals surface area (Å²) in [5.41, 5.74) is 6.98. The molecule has 0 unspecified atom stereocenters. The van der Waals surface area contributed by atoms with Crippen molar-refractivity contribution in [3.63, 3.8) is 0 Å². The fraction of sp³-hybridized carbons (Fsp3) is 0.556. The van der Waals surface area contributed by atoms with E-state index < -0.39 is 5.60 Å². The Kier molecular flexibility index (Phi) is 9.26. The first kappa shape index (κ1) is 32.0. The van der Waals surface area contributed by atoms with E-state index in [0.29, 0.717) is 13.2 Å². The van der Waals surface area contributed by atoms with Crippen molar-refractivity contribution in [1.29, 1.82) is 0 Å². The van der Waals surface area contributed by atoms with E-state index in [1.54, 1.807) is 11.3 Å². The predicted octanol–water partition coefficient (Wildman–Crippen LogP) is 6.16. The van der Waals surface area contributed by atoms with Crippen molar-refractivity contribution in [3.8, 4) is 27.4 Å². The molecule has 0 aliphatic carbocycles. The maximum atomic E-state index is 12.5. The summed E-state index contributed by atoms with van der Waals surface area (Å²) in [6.07, 6.45) is 2.78. The van der Waals surface area contributed by atoms with E-state index in [4.69, 9.17) is 14.5 Å². The molecule has 0 saturated carbocycles. The van der Waals surface area contributed by atoms with Gasteiger partial charge in [-0.05, 0) is 75.8 Å². The molecule has 8 nitrogen and oxygen atoms in total. The molecule has 4 heterocycles. The molecule has 9 heteroatoms. The van der Waals surface area contributed by atoms with Gasteiger partial charge in [0, 0.05) is 74.6 Å². The minimum Gasteiger partial charge on any atom is -0.493 e. The van der Waals surface area contributed by atoms with Gasteiger partial charge in [-0.15, -0.1) is 11.3 Å². The SMILES string of the molecule is Cc1c(OCCCN2CC3(CCN(C(=O)OC(C)(C)C)C3)C2)cccc1-c1cccc(-c2nc3c(s2)CN(CCO)CC3)c1C. The third-order valence-corrected chi connectivity index (χ3v) is 10.6. The van der Waals surface area contributed by atoms with Crippen LogP contribution in [0.3, 0.4) is 0 Å². The van der Waals surface area contributed by atoms with Gasteiger partial charge in [0.1, 0.15) is 16.4 Å². The Hall–Kier alpha value is -2.98. The number of hydrogen-bond donors (Lipinski definition) is 1. The second kappa shape index (κ2) is 13.0. The first-order valence-electron chi connectivity index (χ1n) is 16.4. The summed E-state index contributed by atoms with van der Waals surface area (Å²) in [7, 11) is 0. The van der Waals surface area contributed by atoms with E-state index in [-0.39, 0.29) is 18.1 Å². The zero-order valence-electron chi connectivity index (χ0n) is 27.5. The second-order valence-electron chi connectivity index (χ2n) is 14.1. The van der Waals surface area contributed by atoms with Crippen molar-refractivity contribution in [3.05, 3.63) is 58.1 Å². The van der Waals surface area contributed by atoms with Crippen LogP contribution < -0.4 is 4.74 Å². The van der Waals surface area contributed by atoms with Crippen LogP contribution in [0.25, 0.3) is 21.7 Å². The number of likely N-dealkylation sites (tertiary alicyclic amines) is 2. The Balaban J connectivity index is 1.03. The Morgan fingerprint density at radius 3 is 2.47 bits per heavy atom. The summed E-state index contributed by atoms with van der Waals surface area (Å²) in [4.78, 5) is 25.5. The summed E-state index contributed by atoms with van der Waals surface area (Å²) in [5.74, 6) is 0.940. The Labute approximate surface area is 272 Å². The summed E-state index contributed by atoms with van der Waals surface area (Å²) in [6.45, 7) is 18.2. The minimum absolute atomic E-state index is 0.181. The van der Waals surface area contributed by atoms with Crippen LogP contribution in [-0.4, -0.2) is 95.5 Å². The van der Waals surface area contributed by atoms with Crippen molar-refractivity contribution in [2.45, 2.75) is 66.0 Å². The van der Waals surface area contributed by atoms with Gasteiger partial charge in [0.05, 0.1) is 18.9 Å². The third-order valence-electron chi connectivity index (χ3n) is 9.45. The van der Waals surface area contributed by atoms with Gasteiger partial charge in [-0.3, -0.25) is 4.90 Å². The van der Waals surface area contributed by atoms with Crippen LogP contribution in [-0.2, 0) is 17.7 Å². The number of ether oxygens (including phenoxy) is 2. The number of aliphatic hydroxyl groups is 1. The van der Waals surface area contributed by atoms with E-state index in [1.807, 2.05) is 25.7 Å². The molecule has 3 aliphatic rings. The molecule has 0 atom stereocenters. The molecule has 6 rings (SSSR count). The van der Waals surface area contributed by atoms with E-state index >= 15 is 0 Å². The smallest absolute Gasteiger partial charge is 0.410 e. The highest BCUT2D eigenvalue weighted by Crippen LogP contribution is 2.41. The molecule has 2 saturated heterocycles. The largest absolute Gasteiger partial charge is 0.493 e. The lowest BCUT2D eigenvalue weighted by Gasteiger charge is -2.48. The van der Waals surface area contributed by atoms with Gasteiger partial charge in [0.15, 0.2) is 0 Å². The molecule has 3 aromatic rings. The fourth-order valence-electron chi connectivity index (χ4n) is 7.12. The number of hydrogen-bond acceptors (Lipinski definition) is 8. The number of carbonyl (C=O) groups excluding carboxylic acids is 1. The van der Waals surface area contributed by atoms with Crippen LogP contribution in [0, 0.1) is 19.3 Å². The highest BCUT2D eigenvalue weighted by molar-refractivity contribution is 7.15. The van der Waals surface area contributed by atoms with Gasteiger partial charge in [0.2, 0.25) is 0 Å². The molecule has 1 N–H and O–H groups in total. The molecule has 1 aromatic heterocycles. The summed E-state index contributed by atoms with van der Waals surface area (Å²) < 4.78 is 11.9. The lowest BCUT2D eigenvalue weighted by atomic mass is 9.79. The van der Waals surface area contributed by atoms with E-state index in [9.17, 15) is 9.90 Å². The summed E-state index contributed by atoms with van der Waals surface area (Å²) in [6, 6.07) is 12.9. The lowest BCUT2D eigenvalue weighted by molar-refractivity contribution is -0.00344. The fourth-order valence-corrected chi connectivity index (χ4v) is 8.36. The first-order valence-corrected chi connectivity index (χ1v) is 17.2. The number of benzene rings is 2. The van der Waals surface area contributed by atoms with Gasteiger partial charge < -0.3 is 24.4 Å². The van der Waals surface area contributed by atoms with Crippen molar-refractivity contribution >= 4 is 17.4 Å². The van der Waals surface area contributed by atoms with Crippen LogP contribution in [0.4, 0.5) is 4.79 Å². The van der Waals surface area contributed by atoms with Gasteiger partial charge in [-0.25, -0.2) is 9.78 Å². The number of fused-ring (bicyclic) bond motifs is 1. The first-order chi connectivity index (χ1) is 21.5. The average Bonchev–Trinajstić information content (AvgIpc) is 3.60. The molecule has 45 heavy (non-hydrogen) atoms. The van der Waals surface area contributed by atoms with E-state index in [0.717, 1.165) is 81.4 Å². The van der Waals surface area contributed by atoms with E-state index in [2.05, 4.69) is 60.0 Å². The summed E-state index contributed by atoms with van der Waals surface area (Å²) >= 11 is 1.79. The number of rotatable bonds is 9. The minimum atomic E-state index is -0.453. The normalized spacial score (nSPS) is 18.2.